The first-order valence-corrected chi connectivity index (χ1v) is 7.45. The zero-order chi connectivity index (χ0) is 14.4. The second kappa shape index (κ2) is 6.92. The summed E-state index contributed by atoms with van der Waals surface area (Å²) in [7, 11) is 0. The molecular formula is C14H24N2O4. The van der Waals surface area contributed by atoms with Gasteiger partial charge < -0.3 is 20.5 Å². The van der Waals surface area contributed by atoms with Gasteiger partial charge in [0, 0.05) is 19.8 Å². The van der Waals surface area contributed by atoms with Gasteiger partial charge in [-0.3, -0.25) is 4.79 Å². The number of carbonyl (C=O) groups excluding carboxylic acids is 1. The van der Waals surface area contributed by atoms with E-state index in [9.17, 15) is 9.59 Å². The summed E-state index contributed by atoms with van der Waals surface area (Å²) in [6.07, 6.45) is 5.83. The summed E-state index contributed by atoms with van der Waals surface area (Å²) in [5.41, 5.74) is -0.529. The molecule has 0 aliphatic heterocycles. The minimum atomic E-state index is -0.863. The first-order valence-electron chi connectivity index (χ1n) is 7.45. The maximum Gasteiger partial charge on any atom is 0.315 e. The third-order valence-electron chi connectivity index (χ3n) is 3.98. The number of urea groups is 1. The van der Waals surface area contributed by atoms with Crippen LogP contribution in [0.3, 0.4) is 0 Å². The third-order valence-corrected chi connectivity index (χ3v) is 3.98. The van der Waals surface area contributed by atoms with Crippen LogP contribution in [0.2, 0.25) is 0 Å². The van der Waals surface area contributed by atoms with Gasteiger partial charge in [-0.2, -0.15) is 0 Å². The van der Waals surface area contributed by atoms with Crippen LogP contribution < -0.4 is 10.6 Å². The number of nitrogens with one attached hydrogen (secondary N) is 2. The molecule has 2 amide bonds. The van der Waals surface area contributed by atoms with Crippen molar-refractivity contribution in [1.29, 1.82) is 0 Å². The molecule has 0 unspecified atom stereocenters. The minimum absolute atomic E-state index is 0.00488. The van der Waals surface area contributed by atoms with Crippen LogP contribution in [0.25, 0.3) is 0 Å². The standard InChI is InChI=1S/C14H24N2O4/c17-12(18)9-14(5-1-6-14)16-13(19)15-7-2-8-20-10-11-3-4-11/h11H,1-10H2,(H,17,18)(H2,15,16,19). The molecule has 0 heterocycles. The van der Waals surface area contributed by atoms with Crippen molar-refractivity contribution in [2.75, 3.05) is 19.8 Å². The smallest absolute Gasteiger partial charge is 0.315 e. The SMILES string of the molecule is O=C(O)CC1(NC(=O)NCCCOCC2CC2)CCC1. The van der Waals surface area contributed by atoms with Gasteiger partial charge in [0.25, 0.3) is 0 Å². The number of carboxylic acids is 1. The highest BCUT2D eigenvalue weighted by atomic mass is 16.5. The van der Waals surface area contributed by atoms with Gasteiger partial charge in [-0.1, -0.05) is 0 Å². The number of carbonyl (C=O) groups is 2. The number of ether oxygens (including phenoxy) is 1. The number of hydrogen-bond donors (Lipinski definition) is 3. The van der Waals surface area contributed by atoms with Crippen LogP contribution in [-0.4, -0.2) is 42.4 Å². The predicted molar refractivity (Wildman–Crippen MR) is 73.5 cm³/mol. The Hall–Kier alpha value is -1.30. The Labute approximate surface area is 119 Å². The summed E-state index contributed by atoms with van der Waals surface area (Å²) in [6, 6.07) is -0.270. The molecule has 0 aromatic carbocycles. The topological polar surface area (TPSA) is 87.7 Å². The maximum absolute atomic E-state index is 11.7. The van der Waals surface area contributed by atoms with E-state index in [0.29, 0.717) is 13.2 Å². The summed E-state index contributed by atoms with van der Waals surface area (Å²) >= 11 is 0. The first-order chi connectivity index (χ1) is 9.60. The summed E-state index contributed by atoms with van der Waals surface area (Å²) in [4.78, 5) is 22.5. The summed E-state index contributed by atoms with van der Waals surface area (Å²) in [6.45, 7) is 2.06. The highest BCUT2D eigenvalue weighted by Crippen LogP contribution is 2.34. The van der Waals surface area contributed by atoms with E-state index in [1.807, 2.05) is 0 Å². The quantitative estimate of drug-likeness (QED) is 0.560. The molecule has 6 heteroatoms. The van der Waals surface area contributed by atoms with Crippen molar-refractivity contribution in [2.45, 2.75) is 50.5 Å². The molecule has 20 heavy (non-hydrogen) atoms. The lowest BCUT2D eigenvalue weighted by atomic mass is 9.74. The van der Waals surface area contributed by atoms with Crippen LogP contribution in [-0.2, 0) is 9.53 Å². The van der Waals surface area contributed by atoms with E-state index in [1.165, 1.54) is 12.8 Å². The lowest BCUT2D eigenvalue weighted by molar-refractivity contribution is -0.139. The van der Waals surface area contributed by atoms with Gasteiger partial charge >= 0.3 is 12.0 Å². The molecule has 2 saturated carbocycles. The van der Waals surface area contributed by atoms with Crippen LogP contribution in [0, 0.1) is 5.92 Å². The van der Waals surface area contributed by atoms with Crippen LogP contribution in [0.1, 0.15) is 44.9 Å². The fraction of sp³-hybridized carbons (Fsp3) is 0.857. The van der Waals surface area contributed by atoms with Crippen molar-refractivity contribution in [3.8, 4) is 0 Å². The summed E-state index contributed by atoms with van der Waals surface area (Å²) < 4.78 is 5.48. The average molecular weight is 284 g/mol. The number of amides is 2. The fourth-order valence-electron chi connectivity index (χ4n) is 2.43. The van der Waals surface area contributed by atoms with Crippen molar-refractivity contribution in [3.05, 3.63) is 0 Å². The number of aliphatic carboxylic acids is 1. The Bertz CT molecular complexity index is 351. The molecule has 2 rings (SSSR count). The zero-order valence-corrected chi connectivity index (χ0v) is 11.8. The summed E-state index contributed by atoms with van der Waals surface area (Å²) in [5.74, 6) is -0.0979. The zero-order valence-electron chi connectivity index (χ0n) is 11.8. The molecule has 6 nitrogen and oxygen atoms in total. The van der Waals surface area contributed by atoms with Crippen LogP contribution in [0.15, 0.2) is 0 Å². The van der Waals surface area contributed by atoms with Gasteiger partial charge in [0.1, 0.15) is 0 Å². The number of hydrogen-bond acceptors (Lipinski definition) is 3. The minimum Gasteiger partial charge on any atom is -0.481 e. The molecule has 114 valence electrons. The second-order valence-corrected chi connectivity index (χ2v) is 5.96. The molecule has 3 N–H and O–H groups in total. The number of rotatable bonds is 9. The molecule has 2 aliphatic carbocycles. The van der Waals surface area contributed by atoms with E-state index in [4.69, 9.17) is 9.84 Å². The Morgan fingerprint density at radius 3 is 2.60 bits per heavy atom. The van der Waals surface area contributed by atoms with Crippen molar-refractivity contribution in [1.82, 2.24) is 10.6 Å². The normalized spacial score (nSPS) is 20.0. The van der Waals surface area contributed by atoms with Crippen molar-refractivity contribution >= 4 is 12.0 Å². The third kappa shape index (κ3) is 5.00. The largest absolute Gasteiger partial charge is 0.481 e. The van der Waals surface area contributed by atoms with Gasteiger partial charge in [-0.25, -0.2) is 4.79 Å². The predicted octanol–water partition coefficient (Wildman–Crippen LogP) is 1.50. The summed E-state index contributed by atoms with van der Waals surface area (Å²) in [5, 5.41) is 14.4. The molecule has 0 bridgehead atoms. The fourth-order valence-corrected chi connectivity index (χ4v) is 2.43. The van der Waals surface area contributed by atoms with Gasteiger partial charge in [-0.05, 0) is 44.4 Å². The van der Waals surface area contributed by atoms with E-state index in [1.54, 1.807) is 0 Å². The molecule has 0 saturated heterocycles. The van der Waals surface area contributed by atoms with Crippen molar-refractivity contribution in [2.24, 2.45) is 5.92 Å². The van der Waals surface area contributed by atoms with Crippen LogP contribution in [0.5, 0.6) is 0 Å². The van der Waals surface area contributed by atoms with Crippen LogP contribution in [0.4, 0.5) is 4.79 Å². The molecular weight excluding hydrogens is 260 g/mol. The van der Waals surface area contributed by atoms with Gasteiger partial charge in [0.15, 0.2) is 0 Å². The van der Waals surface area contributed by atoms with Crippen molar-refractivity contribution in [3.63, 3.8) is 0 Å². The van der Waals surface area contributed by atoms with E-state index in [2.05, 4.69) is 10.6 Å². The molecule has 0 aromatic rings. The highest BCUT2D eigenvalue weighted by Gasteiger charge is 2.40. The molecule has 0 spiro atoms. The lowest BCUT2D eigenvalue weighted by Crippen LogP contribution is -2.57. The first kappa shape index (κ1) is 15.1. The Morgan fingerprint density at radius 1 is 1.30 bits per heavy atom. The molecule has 2 aliphatic rings. The van der Waals surface area contributed by atoms with Gasteiger partial charge in [0.05, 0.1) is 12.0 Å². The average Bonchev–Trinajstić information content (AvgIpc) is 3.14. The van der Waals surface area contributed by atoms with E-state index >= 15 is 0 Å². The number of carboxylic acid groups (broad SMARTS) is 1. The molecule has 0 radical (unpaired) electrons. The Morgan fingerprint density at radius 2 is 2.05 bits per heavy atom. The van der Waals surface area contributed by atoms with Gasteiger partial charge in [0.2, 0.25) is 0 Å². The second-order valence-electron chi connectivity index (χ2n) is 5.96. The Kier molecular flexibility index (Phi) is 5.23. The monoisotopic (exact) mass is 284 g/mol. The van der Waals surface area contributed by atoms with E-state index < -0.39 is 11.5 Å². The lowest BCUT2D eigenvalue weighted by Gasteiger charge is -2.41. The van der Waals surface area contributed by atoms with Crippen LogP contribution >= 0.6 is 0 Å². The van der Waals surface area contributed by atoms with E-state index in [0.717, 1.165) is 38.2 Å². The van der Waals surface area contributed by atoms with Gasteiger partial charge in [-0.15, -0.1) is 0 Å². The molecule has 0 aromatic heterocycles. The maximum atomic E-state index is 11.7. The Balaban J connectivity index is 1.53. The van der Waals surface area contributed by atoms with E-state index in [-0.39, 0.29) is 12.5 Å². The highest BCUT2D eigenvalue weighted by molar-refractivity contribution is 5.77. The van der Waals surface area contributed by atoms with Crippen molar-refractivity contribution < 1.29 is 19.4 Å². The molecule has 2 fully saturated rings. The molecule has 0 atom stereocenters.